The molecule has 1 unspecified atom stereocenters. The van der Waals surface area contributed by atoms with E-state index in [-0.39, 0.29) is 11.6 Å². The summed E-state index contributed by atoms with van der Waals surface area (Å²) in [5.74, 6) is 0.593. The van der Waals surface area contributed by atoms with Crippen molar-refractivity contribution in [2.24, 2.45) is 5.92 Å². The molecule has 14 heavy (non-hydrogen) atoms. The van der Waals surface area contributed by atoms with E-state index >= 15 is 0 Å². The second-order valence-electron chi connectivity index (χ2n) is 5.34. The van der Waals surface area contributed by atoms with Crippen LogP contribution in [0.2, 0.25) is 0 Å². The molecule has 0 radical (unpaired) electrons. The first-order chi connectivity index (χ1) is 6.67. The highest BCUT2D eigenvalue weighted by Gasteiger charge is 2.46. The Morgan fingerprint density at radius 1 is 1.14 bits per heavy atom. The summed E-state index contributed by atoms with van der Waals surface area (Å²) in [6.07, 6.45) is 8.71. The molecule has 0 heterocycles. The van der Waals surface area contributed by atoms with Gasteiger partial charge in [-0.3, -0.25) is 0 Å². The average molecular weight is 197 g/mol. The molecular weight excluding hydrogens is 174 g/mol. The summed E-state index contributed by atoms with van der Waals surface area (Å²) in [5, 5.41) is 10.4. The van der Waals surface area contributed by atoms with E-state index in [4.69, 9.17) is 0 Å². The van der Waals surface area contributed by atoms with Crippen LogP contribution in [0.25, 0.3) is 0 Å². The fraction of sp³-hybridized carbons (Fsp3) is 1.00. The van der Waals surface area contributed by atoms with E-state index < -0.39 is 0 Å². The van der Waals surface area contributed by atoms with Crippen LogP contribution in [-0.2, 0) is 0 Å². The first-order valence-electron chi connectivity index (χ1n) is 6.02. The Bertz CT molecular complexity index is 192. The van der Waals surface area contributed by atoms with Gasteiger partial charge in [-0.1, -0.05) is 19.3 Å². The first kappa shape index (κ1) is 10.4. The highest BCUT2D eigenvalue weighted by atomic mass is 16.3. The fourth-order valence-electron chi connectivity index (χ4n) is 3.19. The minimum atomic E-state index is -0.0752. The van der Waals surface area contributed by atoms with Crippen LogP contribution < -0.4 is 0 Å². The quantitative estimate of drug-likeness (QED) is 0.748. The molecule has 1 atom stereocenters. The summed E-state index contributed by atoms with van der Waals surface area (Å²) >= 11 is 0. The summed E-state index contributed by atoms with van der Waals surface area (Å²) in [5.41, 5.74) is 0.116. The molecule has 2 aliphatic rings. The van der Waals surface area contributed by atoms with Crippen LogP contribution in [0.15, 0.2) is 0 Å². The van der Waals surface area contributed by atoms with Gasteiger partial charge in [-0.25, -0.2) is 0 Å². The molecule has 2 aliphatic carbocycles. The van der Waals surface area contributed by atoms with Crippen LogP contribution >= 0.6 is 0 Å². The van der Waals surface area contributed by atoms with Gasteiger partial charge in [0.05, 0.1) is 6.10 Å². The molecule has 2 fully saturated rings. The van der Waals surface area contributed by atoms with Crippen LogP contribution in [0.5, 0.6) is 0 Å². The van der Waals surface area contributed by atoms with Crippen molar-refractivity contribution >= 4 is 0 Å². The predicted molar refractivity (Wildman–Crippen MR) is 58.2 cm³/mol. The van der Waals surface area contributed by atoms with Crippen LogP contribution in [0, 0.1) is 5.92 Å². The lowest BCUT2D eigenvalue weighted by Crippen LogP contribution is -2.55. The van der Waals surface area contributed by atoms with E-state index in [2.05, 4.69) is 19.0 Å². The Hall–Kier alpha value is -0.0800. The number of aliphatic hydroxyl groups is 1. The predicted octanol–water partition coefficient (Wildman–Crippen LogP) is 2.02. The second-order valence-corrected chi connectivity index (χ2v) is 5.34. The van der Waals surface area contributed by atoms with Crippen LogP contribution in [0.4, 0.5) is 0 Å². The zero-order valence-corrected chi connectivity index (χ0v) is 9.50. The minimum Gasteiger partial charge on any atom is -0.391 e. The van der Waals surface area contributed by atoms with Gasteiger partial charge < -0.3 is 10.0 Å². The smallest absolute Gasteiger partial charge is 0.0751 e. The maximum atomic E-state index is 10.4. The van der Waals surface area contributed by atoms with Crippen molar-refractivity contribution in [3.8, 4) is 0 Å². The van der Waals surface area contributed by atoms with Crippen molar-refractivity contribution in [1.29, 1.82) is 0 Å². The molecule has 0 aromatic rings. The Balaban J connectivity index is 2.08. The van der Waals surface area contributed by atoms with E-state index in [1.165, 1.54) is 44.9 Å². The lowest BCUT2D eigenvalue weighted by molar-refractivity contribution is -0.0591. The first-order valence-corrected chi connectivity index (χ1v) is 6.02. The molecule has 82 valence electrons. The van der Waals surface area contributed by atoms with Crippen molar-refractivity contribution in [3.05, 3.63) is 0 Å². The van der Waals surface area contributed by atoms with Gasteiger partial charge in [0.2, 0.25) is 0 Å². The van der Waals surface area contributed by atoms with Gasteiger partial charge in [0.15, 0.2) is 0 Å². The minimum absolute atomic E-state index is 0.0752. The van der Waals surface area contributed by atoms with Gasteiger partial charge in [-0.15, -0.1) is 0 Å². The number of hydrogen-bond acceptors (Lipinski definition) is 2. The van der Waals surface area contributed by atoms with Gasteiger partial charge in [-0.05, 0) is 45.7 Å². The zero-order chi connectivity index (χ0) is 10.2. The van der Waals surface area contributed by atoms with Crippen molar-refractivity contribution in [2.45, 2.75) is 56.6 Å². The van der Waals surface area contributed by atoms with Crippen LogP contribution in [0.1, 0.15) is 44.9 Å². The standard InChI is InChI=1S/C12H23NO/c1-13(2)12(8-3-4-9-12)11(14)10-6-5-7-10/h10-11,14H,3-9H2,1-2H3. The molecule has 0 aromatic carbocycles. The third-order valence-corrected chi connectivity index (χ3v) is 4.51. The number of likely N-dealkylation sites (N-methyl/N-ethyl adjacent to an activating group) is 1. The molecule has 2 saturated carbocycles. The Morgan fingerprint density at radius 2 is 1.71 bits per heavy atom. The summed E-state index contributed by atoms with van der Waals surface area (Å²) < 4.78 is 0. The fourth-order valence-corrected chi connectivity index (χ4v) is 3.19. The van der Waals surface area contributed by atoms with Crippen molar-refractivity contribution in [3.63, 3.8) is 0 Å². The van der Waals surface area contributed by atoms with Gasteiger partial charge in [0.1, 0.15) is 0 Å². The SMILES string of the molecule is CN(C)C1(C(O)C2CCC2)CCCC1. The van der Waals surface area contributed by atoms with E-state index in [1.54, 1.807) is 0 Å². The van der Waals surface area contributed by atoms with Crippen molar-refractivity contribution < 1.29 is 5.11 Å². The summed E-state index contributed by atoms with van der Waals surface area (Å²) in [7, 11) is 4.26. The Morgan fingerprint density at radius 3 is 2.07 bits per heavy atom. The molecule has 2 heteroatoms. The van der Waals surface area contributed by atoms with E-state index in [9.17, 15) is 5.11 Å². The average Bonchev–Trinajstić information content (AvgIpc) is 2.49. The number of rotatable bonds is 3. The van der Waals surface area contributed by atoms with Crippen molar-refractivity contribution in [1.82, 2.24) is 4.90 Å². The summed E-state index contributed by atoms with van der Waals surface area (Å²) in [4.78, 5) is 2.28. The van der Waals surface area contributed by atoms with Crippen LogP contribution in [-0.4, -0.2) is 35.7 Å². The lowest BCUT2D eigenvalue weighted by Gasteiger charge is -2.46. The van der Waals surface area contributed by atoms with Crippen molar-refractivity contribution in [2.75, 3.05) is 14.1 Å². The monoisotopic (exact) mass is 197 g/mol. The molecule has 0 spiro atoms. The third-order valence-electron chi connectivity index (χ3n) is 4.51. The van der Waals surface area contributed by atoms with Gasteiger partial charge >= 0.3 is 0 Å². The molecule has 0 amide bonds. The third kappa shape index (κ3) is 1.49. The van der Waals surface area contributed by atoms with E-state index in [0.717, 1.165) is 0 Å². The Kier molecular flexibility index (Phi) is 2.85. The normalized spacial score (nSPS) is 29.1. The largest absolute Gasteiger partial charge is 0.391 e. The molecule has 0 bridgehead atoms. The zero-order valence-electron chi connectivity index (χ0n) is 9.50. The Labute approximate surface area is 87.3 Å². The summed E-state index contributed by atoms with van der Waals surface area (Å²) in [6, 6.07) is 0. The summed E-state index contributed by atoms with van der Waals surface area (Å²) in [6.45, 7) is 0. The second kappa shape index (κ2) is 3.82. The molecular formula is C12H23NO. The molecule has 0 saturated heterocycles. The van der Waals surface area contributed by atoms with Crippen LogP contribution in [0.3, 0.4) is 0 Å². The molecule has 2 nitrogen and oxygen atoms in total. The lowest BCUT2D eigenvalue weighted by atomic mass is 9.72. The van der Waals surface area contributed by atoms with E-state index in [0.29, 0.717) is 5.92 Å². The highest BCUT2D eigenvalue weighted by molar-refractivity contribution is 5.02. The number of nitrogens with zero attached hydrogens (tertiary/aromatic N) is 1. The highest BCUT2D eigenvalue weighted by Crippen LogP contribution is 2.43. The maximum Gasteiger partial charge on any atom is 0.0751 e. The molecule has 1 N–H and O–H groups in total. The van der Waals surface area contributed by atoms with Gasteiger partial charge in [-0.2, -0.15) is 0 Å². The topological polar surface area (TPSA) is 23.5 Å². The van der Waals surface area contributed by atoms with E-state index in [1.807, 2.05) is 0 Å². The van der Waals surface area contributed by atoms with Gasteiger partial charge in [0.25, 0.3) is 0 Å². The molecule has 0 aliphatic heterocycles. The number of hydrogen-bond donors (Lipinski definition) is 1. The van der Waals surface area contributed by atoms with Gasteiger partial charge in [0, 0.05) is 5.54 Å². The molecule has 2 rings (SSSR count). The molecule has 0 aromatic heterocycles. The maximum absolute atomic E-state index is 10.4. The number of aliphatic hydroxyl groups excluding tert-OH is 1.